The van der Waals surface area contributed by atoms with Crippen molar-refractivity contribution >= 4 is 16.8 Å². The summed E-state index contributed by atoms with van der Waals surface area (Å²) >= 11 is 0. The van der Waals surface area contributed by atoms with E-state index in [1.165, 1.54) is 12.1 Å². The van der Waals surface area contributed by atoms with Gasteiger partial charge >= 0.3 is 0 Å². The molecule has 3 rings (SSSR count). The van der Waals surface area contributed by atoms with Crippen LogP contribution in [-0.2, 0) is 6.54 Å². The van der Waals surface area contributed by atoms with Crippen LogP contribution in [0.4, 0.5) is 4.39 Å². The Bertz CT molecular complexity index is 799. The predicted molar refractivity (Wildman–Crippen MR) is 77.5 cm³/mol. The zero-order chi connectivity index (χ0) is 15.0. The van der Waals surface area contributed by atoms with Crippen molar-refractivity contribution in [1.82, 2.24) is 20.5 Å². The normalized spacial score (nSPS) is 11.0. The molecule has 2 aromatic heterocycles. The summed E-state index contributed by atoms with van der Waals surface area (Å²) in [6, 6.07) is 6.09. The first-order chi connectivity index (χ1) is 10.0. The van der Waals surface area contributed by atoms with Gasteiger partial charge in [-0.2, -0.15) is 5.10 Å². The Hall–Kier alpha value is -2.63. The Morgan fingerprint density at radius 1 is 1.33 bits per heavy atom. The molecule has 0 aliphatic heterocycles. The smallest absolute Gasteiger partial charge is 0.267 e. The van der Waals surface area contributed by atoms with Gasteiger partial charge < -0.3 is 10.3 Å². The first-order valence-electron chi connectivity index (χ1n) is 6.61. The highest BCUT2D eigenvalue weighted by molar-refractivity contribution is 5.97. The van der Waals surface area contributed by atoms with Crippen LogP contribution in [0.3, 0.4) is 0 Å². The summed E-state index contributed by atoms with van der Waals surface area (Å²) in [5.74, 6) is -0.562. The van der Waals surface area contributed by atoms with Gasteiger partial charge in [-0.05, 0) is 38.1 Å². The maximum absolute atomic E-state index is 13.1. The second-order valence-corrected chi connectivity index (χ2v) is 5.01. The van der Waals surface area contributed by atoms with Gasteiger partial charge in [0, 0.05) is 28.7 Å². The van der Waals surface area contributed by atoms with Crippen LogP contribution in [0.2, 0.25) is 0 Å². The van der Waals surface area contributed by atoms with E-state index in [9.17, 15) is 9.18 Å². The van der Waals surface area contributed by atoms with E-state index in [0.29, 0.717) is 17.8 Å². The minimum Gasteiger partial charge on any atom is -0.350 e. The minimum atomic E-state index is -0.332. The number of rotatable bonds is 3. The number of aromatic amines is 2. The fourth-order valence-electron chi connectivity index (χ4n) is 2.32. The van der Waals surface area contributed by atoms with Gasteiger partial charge in [0.2, 0.25) is 0 Å². The van der Waals surface area contributed by atoms with Gasteiger partial charge in [0.15, 0.2) is 0 Å². The molecule has 0 aliphatic carbocycles. The maximum atomic E-state index is 13.1. The third kappa shape index (κ3) is 2.52. The fourth-order valence-corrected chi connectivity index (χ4v) is 2.32. The molecule has 21 heavy (non-hydrogen) atoms. The second-order valence-electron chi connectivity index (χ2n) is 5.01. The van der Waals surface area contributed by atoms with Crippen LogP contribution in [0.1, 0.15) is 27.4 Å². The average molecular weight is 286 g/mol. The molecule has 0 unspecified atom stereocenters. The van der Waals surface area contributed by atoms with Gasteiger partial charge in [0.1, 0.15) is 11.5 Å². The molecule has 3 N–H and O–H groups in total. The van der Waals surface area contributed by atoms with Crippen molar-refractivity contribution in [2.75, 3.05) is 0 Å². The van der Waals surface area contributed by atoms with E-state index in [-0.39, 0.29) is 11.7 Å². The van der Waals surface area contributed by atoms with Gasteiger partial charge in [-0.15, -0.1) is 0 Å². The summed E-state index contributed by atoms with van der Waals surface area (Å²) in [5, 5.41) is 10.6. The standard InChI is InChI=1S/C15H15FN4O/c1-8-12(9(2)20-19-8)7-17-15(21)14-5-10-3-4-11(16)6-13(10)18-14/h3-6,18H,7H2,1-2H3,(H,17,21)(H,19,20). The molecular formula is C15H15FN4O. The predicted octanol–water partition coefficient (Wildman–Crippen LogP) is 2.58. The highest BCUT2D eigenvalue weighted by Gasteiger charge is 2.12. The molecule has 0 saturated heterocycles. The number of nitrogens with zero attached hydrogens (tertiary/aromatic N) is 1. The van der Waals surface area contributed by atoms with Gasteiger partial charge in [0.05, 0.1) is 5.69 Å². The lowest BCUT2D eigenvalue weighted by molar-refractivity contribution is 0.0946. The molecule has 108 valence electrons. The topological polar surface area (TPSA) is 73.6 Å². The summed E-state index contributed by atoms with van der Waals surface area (Å²) in [5.41, 5.74) is 3.80. The lowest BCUT2D eigenvalue weighted by atomic mass is 10.2. The number of aryl methyl sites for hydroxylation is 2. The van der Waals surface area contributed by atoms with E-state index >= 15 is 0 Å². The van der Waals surface area contributed by atoms with Crippen molar-refractivity contribution in [3.05, 3.63) is 52.7 Å². The molecule has 0 fully saturated rings. The third-order valence-electron chi connectivity index (χ3n) is 3.54. The van der Waals surface area contributed by atoms with Crippen LogP contribution in [-0.4, -0.2) is 21.1 Å². The number of carbonyl (C=O) groups is 1. The molecule has 3 aromatic rings. The van der Waals surface area contributed by atoms with Crippen molar-refractivity contribution < 1.29 is 9.18 Å². The SMILES string of the molecule is Cc1n[nH]c(C)c1CNC(=O)c1cc2ccc(F)cc2[nH]1. The van der Waals surface area contributed by atoms with E-state index in [2.05, 4.69) is 20.5 Å². The highest BCUT2D eigenvalue weighted by atomic mass is 19.1. The Morgan fingerprint density at radius 3 is 2.86 bits per heavy atom. The van der Waals surface area contributed by atoms with E-state index in [4.69, 9.17) is 0 Å². The van der Waals surface area contributed by atoms with Crippen molar-refractivity contribution in [3.63, 3.8) is 0 Å². The number of amides is 1. The molecule has 0 spiro atoms. The molecule has 6 heteroatoms. The summed E-state index contributed by atoms with van der Waals surface area (Å²) in [4.78, 5) is 15.1. The fraction of sp³-hybridized carbons (Fsp3) is 0.200. The van der Waals surface area contributed by atoms with E-state index in [1.807, 2.05) is 13.8 Å². The summed E-state index contributed by atoms with van der Waals surface area (Å²) in [6.07, 6.45) is 0. The number of H-pyrrole nitrogens is 2. The largest absolute Gasteiger partial charge is 0.350 e. The minimum absolute atomic E-state index is 0.230. The number of hydrogen-bond donors (Lipinski definition) is 3. The zero-order valence-corrected chi connectivity index (χ0v) is 11.7. The highest BCUT2D eigenvalue weighted by Crippen LogP contribution is 2.17. The van der Waals surface area contributed by atoms with Crippen LogP contribution in [0, 0.1) is 19.7 Å². The van der Waals surface area contributed by atoms with Gasteiger partial charge in [-0.1, -0.05) is 0 Å². The van der Waals surface area contributed by atoms with Gasteiger partial charge in [0.25, 0.3) is 5.91 Å². The molecule has 0 aliphatic rings. The molecule has 5 nitrogen and oxygen atoms in total. The van der Waals surface area contributed by atoms with Gasteiger partial charge in [-0.3, -0.25) is 9.89 Å². The first-order valence-corrected chi connectivity index (χ1v) is 6.61. The molecule has 2 heterocycles. The molecule has 0 radical (unpaired) electrons. The third-order valence-corrected chi connectivity index (χ3v) is 3.54. The number of benzene rings is 1. The second kappa shape index (κ2) is 5.05. The van der Waals surface area contributed by atoms with E-state index < -0.39 is 0 Å². The van der Waals surface area contributed by atoms with Crippen molar-refractivity contribution in [2.45, 2.75) is 20.4 Å². The Morgan fingerprint density at radius 2 is 2.14 bits per heavy atom. The number of aromatic nitrogens is 3. The van der Waals surface area contributed by atoms with Crippen molar-refractivity contribution in [1.29, 1.82) is 0 Å². The Balaban J connectivity index is 1.78. The van der Waals surface area contributed by atoms with Crippen LogP contribution in [0.25, 0.3) is 10.9 Å². The zero-order valence-electron chi connectivity index (χ0n) is 11.7. The maximum Gasteiger partial charge on any atom is 0.267 e. The molecular weight excluding hydrogens is 271 g/mol. The van der Waals surface area contributed by atoms with Crippen molar-refractivity contribution in [2.24, 2.45) is 0 Å². The monoisotopic (exact) mass is 286 g/mol. The Kier molecular flexibility index (Phi) is 3.21. The van der Waals surface area contributed by atoms with Crippen LogP contribution in [0.5, 0.6) is 0 Å². The molecule has 1 aromatic carbocycles. The summed E-state index contributed by atoms with van der Waals surface area (Å²) in [6.45, 7) is 4.20. The Labute approximate surface area is 120 Å². The quantitative estimate of drug-likeness (QED) is 0.692. The molecule has 0 atom stereocenters. The van der Waals surface area contributed by atoms with Crippen LogP contribution >= 0.6 is 0 Å². The van der Waals surface area contributed by atoms with E-state index in [0.717, 1.165) is 22.3 Å². The summed E-state index contributed by atoms with van der Waals surface area (Å²) < 4.78 is 13.1. The number of hydrogen-bond acceptors (Lipinski definition) is 2. The number of carbonyl (C=O) groups excluding carboxylic acids is 1. The van der Waals surface area contributed by atoms with Crippen LogP contribution in [0.15, 0.2) is 24.3 Å². The number of nitrogens with one attached hydrogen (secondary N) is 3. The molecule has 0 saturated carbocycles. The lowest BCUT2D eigenvalue weighted by Gasteiger charge is -2.03. The summed E-state index contributed by atoms with van der Waals surface area (Å²) in [7, 11) is 0. The number of fused-ring (bicyclic) bond motifs is 1. The first kappa shape index (κ1) is 13.4. The van der Waals surface area contributed by atoms with Crippen LogP contribution < -0.4 is 5.32 Å². The lowest BCUT2D eigenvalue weighted by Crippen LogP contribution is -2.23. The van der Waals surface area contributed by atoms with E-state index in [1.54, 1.807) is 12.1 Å². The van der Waals surface area contributed by atoms with Gasteiger partial charge in [-0.25, -0.2) is 4.39 Å². The molecule has 0 bridgehead atoms. The number of halogens is 1. The molecule has 1 amide bonds. The van der Waals surface area contributed by atoms with Crippen molar-refractivity contribution in [3.8, 4) is 0 Å². The average Bonchev–Trinajstić information content (AvgIpc) is 3.00.